The zero-order chi connectivity index (χ0) is 17.8. The van der Waals surface area contributed by atoms with E-state index in [2.05, 4.69) is 5.32 Å². The maximum absolute atomic E-state index is 12.6. The second-order valence-electron chi connectivity index (χ2n) is 5.90. The number of anilines is 1. The Bertz CT molecular complexity index is 772. The van der Waals surface area contributed by atoms with Crippen molar-refractivity contribution in [2.24, 2.45) is 0 Å². The van der Waals surface area contributed by atoms with Gasteiger partial charge in [-0.25, -0.2) is 4.79 Å². The number of carbonyl (C=O) groups excluding carboxylic acids is 2. The van der Waals surface area contributed by atoms with Crippen LogP contribution < -0.4 is 5.32 Å². The molecule has 1 aliphatic rings. The SMILES string of the molecule is CCOC(=O)c1c(NC(=O)C(Cl)c2ccccc2)sc2c1CCCC2. The van der Waals surface area contributed by atoms with Crippen LogP contribution in [0, 0.1) is 0 Å². The molecule has 1 atom stereocenters. The molecule has 0 saturated heterocycles. The van der Waals surface area contributed by atoms with Crippen molar-refractivity contribution in [2.45, 2.75) is 38.0 Å². The third-order valence-electron chi connectivity index (χ3n) is 4.21. The number of esters is 1. The summed E-state index contributed by atoms with van der Waals surface area (Å²) in [7, 11) is 0. The number of benzene rings is 1. The molecule has 132 valence electrons. The molecule has 2 aromatic rings. The van der Waals surface area contributed by atoms with E-state index in [9.17, 15) is 9.59 Å². The molecule has 4 nitrogen and oxygen atoms in total. The third-order valence-corrected chi connectivity index (χ3v) is 5.87. The summed E-state index contributed by atoms with van der Waals surface area (Å²) in [5.41, 5.74) is 2.25. The van der Waals surface area contributed by atoms with E-state index in [-0.39, 0.29) is 11.9 Å². The molecule has 1 aromatic heterocycles. The quantitative estimate of drug-likeness (QED) is 0.605. The number of halogens is 1. The summed E-state index contributed by atoms with van der Waals surface area (Å²) >= 11 is 7.77. The van der Waals surface area contributed by atoms with Crippen LogP contribution >= 0.6 is 22.9 Å². The second kappa shape index (κ2) is 8.02. The number of thiophene rings is 1. The highest BCUT2D eigenvalue weighted by molar-refractivity contribution is 7.17. The molecule has 1 unspecified atom stereocenters. The molecular formula is C19H20ClNO3S. The molecule has 0 spiro atoms. The number of hydrogen-bond acceptors (Lipinski definition) is 4. The van der Waals surface area contributed by atoms with Crippen molar-refractivity contribution in [3.05, 3.63) is 51.9 Å². The summed E-state index contributed by atoms with van der Waals surface area (Å²) in [5.74, 6) is -0.708. The first-order valence-corrected chi connectivity index (χ1v) is 9.68. The van der Waals surface area contributed by atoms with Crippen molar-refractivity contribution in [1.82, 2.24) is 0 Å². The Morgan fingerprint density at radius 2 is 1.96 bits per heavy atom. The molecule has 1 N–H and O–H groups in total. The van der Waals surface area contributed by atoms with E-state index in [0.29, 0.717) is 17.2 Å². The van der Waals surface area contributed by atoms with E-state index >= 15 is 0 Å². The summed E-state index contributed by atoms with van der Waals surface area (Å²) in [4.78, 5) is 26.2. The van der Waals surface area contributed by atoms with Crippen molar-refractivity contribution in [2.75, 3.05) is 11.9 Å². The first kappa shape index (κ1) is 18.0. The monoisotopic (exact) mass is 377 g/mol. The average molecular weight is 378 g/mol. The van der Waals surface area contributed by atoms with Gasteiger partial charge in [0.2, 0.25) is 5.91 Å². The second-order valence-corrected chi connectivity index (χ2v) is 7.44. The van der Waals surface area contributed by atoms with Gasteiger partial charge in [-0.15, -0.1) is 22.9 Å². The predicted octanol–water partition coefficient (Wildman–Crippen LogP) is 4.72. The lowest BCUT2D eigenvalue weighted by atomic mass is 9.95. The van der Waals surface area contributed by atoms with E-state index < -0.39 is 5.38 Å². The van der Waals surface area contributed by atoms with E-state index in [0.717, 1.165) is 41.7 Å². The lowest BCUT2D eigenvalue weighted by Crippen LogP contribution is -2.19. The number of aryl methyl sites for hydroxylation is 1. The number of nitrogens with one attached hydrogen (secondary N) is 1. The normalized spacial score (nSPS) is 14.5. The van der Waals surface area contributed by atoms with Gasteiger partial charge in [0.25, 0.3) is 0 Å². The Hall–Kier alpha value is -1.85. The maximum Gasteiger partial charge on any atom is 0.341 e. The van der Waals surface area contributed by atoms with Crippen LogP contribution in [0.4, 0.5) is 5.00 Å². The molecule has 0 saturated carbocycles. The van der Waals surface area contributed by atoms with Crippen LogP contribution in [0.25, 0.3) is 0 Å². The van der Waals surface area contributed by atoms with Crippen LogP contribution in [0.1, 0.15) is 51.5 Å². The Kier molecular flexibility index (Phi) is 5.76. The molecule has 0 radical (unpaired) electrons. The molecule has 1 amide bonds. The van der Waals surface area contributed by atoms with Gasteiger partial charge in [0, 0.05) is 4.88 Å². The van der Waals surface area contributed by atoms with Crippen LogP contribution in [0.5, 0.6) is 0 Å². The zero-order valence-corrected chi connectivity index (χ0v) is 15.6. The number of alkyl halides is 1. The van der Waals surface area contributed by atoms with Gasteiger partial charge in [-0.2, -0.15) is 0 Å². The van der Waals surface area contributed by atoms with Gasteiger partial charge in [0.15, 0.2) is 0 Å². The van der Waals surface area contributed by atoms with Crippen LogP contribution in [-0.2, 0) is 22.4 Å². The number of fused-ring (bicyclic) bond motifs is 1. The lowest BCUT2D eigenvalue weighted by Gasteiger charge is -2.13. The van der Waals surface area contributed by atoms with Crippen molar-refractivity contribution < 1.29 is 14.3 Å². The van der Waals surface area contributed by atoms with Gasteiger partial charge >= 0.3 is 5.97 Å². The summed E-state index contributed by atoms with van der Waals surface area (Å²) in [6, 6.07) is 9.17. The molecular weight excluding hydrogens is 358 g/mol. The molecule has 25 heavy (non-hydrogen) atoms. The van der Waals surface area contributed by atoms with Crippen molar-refractivity contribution in [3.63, 3.8) is 0 Å². The van der Waals surface area contributed by atoms with Crippen LogP contribution in [0.2, 0.25) is 0 Å². The lowest BCUT2D eigenvalue weighted by molar-refractivity contribution is -0.115. The summed E-state index contributed by atoms with van der Waals surface area (Å²) in [6.07, 6.45) is 3.93. The van der Waals surface area contributed by atoms with Crippen molar-refractivity contribution >= 4 is 39.8 Å². The van der Waals surface area contributed by atoms with E-state index in [4.69, 9.17) is 16.3 Å². The van der Waals surface area contributed by atoms with Gasteiger partial charge in [-0.1, -0.05) is 30.3 Å². The van der Waals surface area contributed by atoms with Gasteiger partial charge in [-0.05, 0) is 43.7 Å². The van der Waals surface area contributed by atoms with Crippen LogP contribution in [0.15, 0.2) is 30.3 Å². The van der Waals surface area contributed by atoms with E-state index in [1.165, 1.54) is 11.3 Å². The topological polar surface area (TPSA) is 55.4 Å². The standard InChI is InChI=1S/C19H20ClNO3S/c1-2-24-19(23)15-13-10-6-7-11-14(13)25-18(15)21-17(22)16(20)12-8-4-3-5-9-12/h3-5,8-9,16H,2,6-7,10-11H2,1H3,(H,21,22). The molecule has 0 aliphatic heterocycles. The first-order valence-electron chi connectivity index (χ1n) is 8.43. The fraction of sp³-hybridized carbons (Fsp3) is 0.368. The highest BCUT2D eigenvalue weighted by atomic mass is 35.5. The predicted molar refractivity (Wildman–Crippen MR) is 101 cm³/mol. The number of ether oxygens (including phenoxy) is 1. The van der Waals surface area contributed by atoms with Crippen LogP contribution in [-0.4, -0.2) is 18.5 Å². The molecule has 1 aliphatic carbocycles. The fourth-order valence-corrected chi connectivity index (χ4v) is 4.50. The molecule has 3 rings (SSSR count). The number of hydrogen-bond donors (Lipinski definition) is 1. The third kappa shape index (κ3) is 3.88. The Labute approximate surface area is 156 Å². The van der Waals surface area contributed by atoms with Crippen molar-refractivity contribution in [1.29, 1.82) is 0 Å². The van der Waals surface area contributed by atoms with Gasteiger partial charge < -0.3 is 10.1 Å². The average Bonchev–Trinajstić information content (AvgIpc) is 2.99. The molecule has 6 heteroatoms. The highest BCUT2D eigenvalue weighted by Gasteiger charge is 2.28. The largest absolute Gasteiger partial charge is 0.462 e. The van der Waals surface area contributed by atoms with Gasteiger partial charge in [-0.3, -0.25) is 4.79 Å². The Morgan fingerprint density at radius 3 is 2.68 bits per heavy atom. The van der Waals surface area contributed by atoms with E-state index in [1.807, 2.05) is 30.3 Å². The first-order chi connectivity index (χ1) is 12.1. The summed E-state index contributed by atoms with van der Waals surface area (Å²) in [6.45, 7) is 2.08. The smallest absolute Gasteiger partial charge is 0.341 e. The Balaban J connectivity index is 1.87. The highest BCUT2D eigenvalue weighted by Crippen LogP contribution is 2.39. The minimum absolute atomic E-state index is 0.305. The van der Waals surface area contributed by atoms with Crippen LogP contribution in [0.3, 0.4) is 0 Å². The minimum atomic E-state index is -0.810. The summed E-state index contributed by atoms with van der Waals surface area (Å²) < 4.78 is 5.20. The fourth-order valence-electron chi connectivity index (χ4n) is 3.02. The molecule has 0 bridgehead atoms. The summed E-state index contributed by atoms with van der Waals surface area (Å²) in [5, 5.41) is 2.59. The zero-order valence-electron chi connectivity index (χ0n) is 14.0. The molecule has 0 fully saturated rings. The van der Waals surface area contributed by atoms with Crippen molar-refractivity contribution in [3.8, 4) is 0 Å². The number of amides is 1. The van der Waals surface area contributed by atoms with Gasteiger partial charge in [0.05, 0.1) is 12.2 Å². The van der Waals surface area contributed by atoms with E-state index in [1.54, 1.807) is 6.92 Å². The Morgan fingerprint density at radius 1 is 1.24 bits per heavy atom. The van der Waals surface area contributed by atoms with Gasteiger partial charge in [0.1, 0.15) is 10.4 Å². The molecule has 1 aromatic carbocycles. The maximum atomic E-state index is 12.6. The number of carbonyl (C=O) groups is 2. The minimum Gasteiger partial charge on any atom is -0.462 e. The number of rotatable bonds is 5. The molecule has 1 heterocycles.